The van der Waals surface area contributed by atoms with Crippen LogP contribution in [0, 0.1) is 12.7 Å². The van der Waals surface area contributed by atoms with Crippen molar-refractivity contribution in [2.75, 3.05) is 11.1 Å². The predicted octanol–water partition coefficient (Wildman–Crippen LogP) is 4.77. The van der Waals surface area contributed by atoms with Gasteiger partial charge in [0.15, 0.2) is 0 Å². The van der Waals surface area contributed by atoms with Crippen molar-refractivity contribution < 1.29 is 4.39 Å². The van der Waals surface area contributed by atoms with Crippen molar-refractivity contribution in [2.45, 2.75) is 6.92 Å². The SMILES string of the molecule is Cc1ccc(N)cc1Nc1c(Cl)cc(F)cc1Cl. The van der Waals surface area contributed by atoms with Crippen LogP contribution < -0.4 is 11.1 Å². The number of nitrogens with one attached hydrogen (secondary N) is 1. The first kappa shape index (κ1) is 13.0. The number of hydrogen-bond donors (Lipinski definition) is 2. The average Bonchev–Trinajstić information content (AvgIpc) is 2.28. The highest BCUT2D eigenvalue weighted by Crippen LogP contribution is 2.35. The van der Waals surface area contributed by atoms with Crippen molar-refractivity contribution in [2.24, 2.45) is 0 Å². The third-order valence-corrected chi connectivity index (χ3v) is 3.12. The normalized spacial score (nSPS) is 10.4. The van der Waals surface area contributed by atoms with E-state index in [9.17, 15) is 4.39 Å². The molecule has 0 radical (unpaired) electrons. The summed E-state index contributed by atoms with van der Waals surface area (Å²) in [7, 11) is 0. The summed E-state index contributed by atoms with van der Waals surface area (Å²) < 4.78 is 13.1. The lowest BCUT2D eigenvalue weighted by Gasteiger charge is -2.13. The zero-order valence-corrected chi connectivity index (χ0v) is 11.1. The van der Waals surface area contributed by atoms with Crippen LogP contribution in [-0.2, 0) is 0 Å². The number of rotatable bonds is 2. The van der Waals surface area contributed by atoms with Crippen LogP contribution in [0.3, 0.4) is 0 Å². The van der Waals surface area contributed by atoms with Gasteiger partial charge in [0.1, 0.15) is 5.82 Å². The molecular weight excluding hydrogens is 274 g/mol. The summed E-state index contributed by atoms with van der Waals surface area (Å²) in [5.74, 6) is -0.472. The zero-order valence-electron chi connectivity index (χ0n) is 9.60. The molecule has 0 unspecified atom stereocenters. The van der Waals surface area contributed by atoms with E-state index in [1.165, 1.54) is 12.1 Å². The second-order valence-corrected chi connectivity index (χ2v) is 4.76. The highest BCUT2D eigenvalue weighted by molar-refractivity contribution is 6.39. The Balaban J connectivity index is 2.43. The second kappa shape index (κ2) is 5.04. The first-order chi connectivity index (χ1) is 8.47. The summed E-state index contributed by atoms with van der Waals surface area (Å²) in [6, 6.07) is 7.86. The van der Waals surface area contributed by atoms with Crippen molar-refractivity contribution >= 4 is 40.3 Å². The van der Waals surface area contributed by atoms with Crippen LogP contribution in [-0.4, -0.2) is 0 Å². The third-order valence-electron chi connectivity index (χ3n) is 2.53. The Hall–Kier alpha value is -1.45. The summed E-state index contributed by atoms with van der Waals surface area (Å²) >= 11 is 11.9. The van der Waals surface area contributed by atoms with Crippen molar-refractivity contribution in [1.29, 1.82) is 0 Å². The average molecular weight is 285 g/mol. The van der Waals surface area contributed by atoms with E-state index < -0.39 is 5.82 Å². The summed E-state index contributed by atoms with van der Waals surface area (Å²) in [5.41, 5.74) is 8.57. The maximum atomic E-state index is 13.1. The summed E-state index contributed by atoms with van der Waals surface area (Å²) in [6.07, 6.45) is 0. The van der Waals surface area contributed by atoms with Gasteiger partial charge < -0.3 is 11.1 Å². The van der Waals surface area contributed by atoms with E-state index in [2.05, 4.69) is 5.32 Å². The fraction of sp³-hybridized carbons (Fsp3) is 0.0769. The minimum absolute atomic E-state index is 0.224. The molecule has 2 aromatic rings. The van der Waals surface area contributed by atoms with Gasteiger partial charge in [-0.1, -0.05) is 29.3 Å². The number of halogens is 3. The molecule has 0 aliphatic rings. The lowest BCUT2D eigenvalue weighted by atomic mass is 10.1. The molecule has 0 amide bonds. The molecule has 18 heavy (non-hydrogen) atoms. The first-order valence-electron chi connectivity index (χ1n) is 5.25. The molecule has 0 bridgehead atoms. The van der Waals surface area contributed by atoms with Gasteiger partial charge in [-0.3, -0.25) is 0 Å². The Morgan fingerprint density at radius 2 is 1.72 bits per heavy atom. The molecule has 2 rings (SSSR count). The Bertz CT molecular complexity index is 577. The number of benzene rings is 2. The smallest absolute Gasteiger partial charge is 0.126 e. The van der Waals surface area contributed by atoms with Crippen molar-refractivity contribution in [3.8, 4) is 0 Å². The van der Waals surface area contributed by atoms with E-state index in [-0.39, 0.29) is 10.0 Å². The molecule has 0 saturated carbocycles. The minimum atomic E-state index is -0.472. The molecule has 0 spiro atoms. The van der Waals surface area contributed by atoms with E-state index in [0.29, 0.717) is 11.4 Å². The molecular formula is C13H11Cl2FN2. The molecule has 0 atom stereocenters. The number of nitrogens with two attached hydrogens (primary N) is 1. The molecule has 94 valence electrons. The summed E-state index contributed by atoms with van der Waals surface area (Å²) in [6.45, 7) is 1.92. The zero-order chi connectivity index (χ0) is 13.3. The van der Waals surface area contributed by atoms with E-state index >= 15 is 0 Å². The molecule has 0 aliphatic heterocycles. The van der Waals surface area contributed by atoms with Crippen LogP contribution in [0.15, 0.2) is 30.3 Å². The van der Waals surface area contributed by atoms with E-state index in [1.54, 1.807) is 12.1 Å². The van der Waals surface area contributed by atoms with Crippen LogP contribution in [0.4, 0.5) is 21.5 Å². The van der Waals surface area contributed by atoms with Gasteiger partial charge >= 0.3 is 0 Å². The van der Waals surface area contributed by atoms with Gasteiger partial charge in [0.2, 0.25) is 0 Å². The lowest BCUT2D eigenvalue weighted by Crippen LogP contribution is -1.97. The fourth-order valence-corrected chi connectivity index (χ4v) is 2.13. The van der Waals surface area contributed by atoms with Gasteiger partial charge in [0.05, 0.1) is 15.7 Å². The van der Waals surface area contributed by atoms with Crippen molar-refractivity contribution in [1.82, 2.24) is 0 Å². The fourth-order valence-electron chi connectivity index (χ4n) is 1.57. The highest BCUT2D eigenvalue weighted by atomic mass is 35.5. The monoisotopic (exact) mass is 284 g/mol. The van der Waals surface area contributed by atoms with Crippen LogP contribution in [0.5, 0.6) is 0 Å². The predicted molar refractivity (Wildman–Crippen MR) is 75.3 cm³/mol. The van der Waals surface area contributed by atoms with Gasteiger partial charge in [-0.05, 0) is 36.8 Å². The van der Waals surface area contributed by atoms with E-state index in [1.807, 2.05) is 13.0 Å². The molecule has 0 saturated heterocycles. The second-order valence-electron chi connectivity index (χ2n) is 3.94. The van der Waals surface area contributed by atoms with Gasteiger partial charge in [-0.15, -0.1) is 0 Å². The number of nitrogen functional groups attached to an aromatic ring is 1. The van der Waals surface area contributed by atoms with Gasteiger partial charge in [0.25, 0.3) is 0 Å². The maximum absolute atomic E-state index is 13.1. The Kier molecular flexibility index (Phi) is 3.64. The van der Waals surface area contributed by atoms with Gasteiger partial charge in [-0.2, -0.15) is 0 Å². The van der Waals surface area contributed by atoms with Crippen LogP contribution >= 0.6 is 23.2 Å². The topological polar surface area (TPSA) is 38.0 Å². The number of aryl methyl sites for hydroxylation is 1. The number of hydrogen-bond acceptors (Lipinski definition) is 2. The molecule has 0 fully saturated rings. The van der Waals surface area contributed by atoms with Crippen LogP contribution in [0.25, 0.3) is 0 Å². The highest BCUT2D eigenvalue weighted by Gasteiger charge is 2.10. The van der Waals surface area contributed by atoms with Gasteiger partial charge in [0, 0.05) is 11.4 Å². The maximum Gasteiger partial charge on any atom is 0.126 e. The molecule has 0 aromatic heterocycles. The molecule has 5 heteroatoms. The van der Waals surface area contributed by atoms with Crippen molar-refractivity contribution in [3.05, 3.63) is 51.8 Å². The largest absolute Gasteiger partial charge is 0.399 e. The summed E-state index contributed by atoms with van der Waals surface area (Å²) in [5, 5.41) is 3.51. The standard InChI is InChI=1S/C13H11Cl2FN2/c1-7-2-3-9(17)6-12(7)18-13-10(14)4-8(16)5-11(13)15/h2-6,18H,17H2,1H3. The Morgan fingerprint density at radius 3 is 2.33 bits per heavy atom. The molecule has 3 N–H and O–H groups in total. The van der Waals surface area contributed by atoms with Crippen molar-refractivity contribution in [3.63, 3.8) is 0 Å². The van der Waals surface area contributed by atoms with E-state index in [4.69, 9.17) is 28.9 Å². The third kappa shape index (κ3) is 2.68. The van der Waals surface area contributed by atoms with Crippen LogP contribution in [0.1, 0.15) is 5.56 Å². The molecule has 0 heterocycles. The molecule has 2 nitrogen and oxygen atoms in total. The number of anilines is 3. The molecule has 0 aliphatic carbocycles. The Labute approximate surface area is 115 Å². The Morgan fingerprint density at radius 1 is 1.11 bits per heavy atom. The van der Waals surface area contributed by atoms with Gasteiger partial charge in [-0.25, -0.2) is 4.39 Å². The minimum Gasteiger partial charge on any atom is -0.399 e. The summed E-state index contributed by atoms with van der Waals surface area (Å²) in [4.78, 5) is 0. The quantitative estimate of drug-likeness (QED) is 0.780. The van der Waals surface area contributed by atoms with Crippen LogP contribution in [0.2, 0.25) is 10.0 Å². The molecule has 2 aromatic carbocycles. The first-order valence-corrected chi connectivity index (χ1v) is 6.00. The van der Waals surface area contributed by atoms with E-state index in [0.717, 1.165) is 11.3 Å². The lowest BCUT2D eigenvalue weighted by molar-refractivity contribution is 0.628.